The van der Waals surface area contributed by atoms with Gasteiger partial charge in [0.05, 0.1) is 31.4 Å². The minimum atomic E-state index is -0.782. The summed E-state index contributed by atoms with van der Waals surface area (Å²) in [5, 5.41) is 11.6. The van der Waals surface area contributed by atoms with Crippen LogP contribution in [0.4, 0.5) is 0 Å². The molecular weight excluding hydrogens is 524 g/mol. The van der Waals surface area contributed by atoms with Crippen molar-refractivity contribution in [1.29, 1.82) is 0 Å². The van der Waals surface area contributed by atoms with Crippen LogP contribution in [0.5, 0.6) is 17.2 Å². The third-order valence-electron chi connectivity index (χ3n) is 7.63. The van der Waals surface area contributed by atoms with Gasteiger partial charge < -0.3 is 29.0 Å². The van der Waals surface area contributed by atoms with Gasteiger partial charge in [-0.25, -0.2) is 0 Å². The van der Waals surface area contributed by atoms with E-state index in [4.69, 9.17) is 18.9 Å². The van der Waals surface area contributed by atoms with Crippen molar-refractivity contribution in [2.75, 3.05) is 52.6 Å². The lowest BCUT2D eigenvalue weighted by molar-refractivity contribution is -0.140. The third-order valence-corrected chi connectivity index (χ3v) is 7.63. The van der Waals surface area contributed by atoms with Crippen LogP contribution in [0.25, 0.3) is 5.76 Å². The molecule has 0 spiro atoms. The first-order valence-electron chi connectivity index (χ1n) is 14.3. The van der Waals surface area contributed by atoms with E-state index in [1.807, 2.05) is 26.0 Å². The smallest absolute Gasteiger partial charge is 0.295 e. The number of Topliss-reactive ketones (excluding diaryl/α,β-unsaturated/α-hetero) is 1. The number of benzene rings is 2. The molecule has 2 atom stereocenters. The number of ether oxygens (including phenoxy) is 4. The Bertz CT molecular complexity index is 1330. The number of morpholine rings is 1. The minimum Gasteiger partial charge on any atom is -0.507 e. The van der Waals surface area contributed by atoms with E-state index in [0.29, 0.717) is 68.4 Å². The second-order valence-electron chi connectivity index (χ2n) is 10.5. The van der Waals surface area contributed by atoms with Gasteiger partial charge in [-0.3, -0.25) is 14.5 Å². The third kappa shape index (κ3) is 6.11. The summed E-state index contributed by atoms with van der Waals surface area (Å²) in [5.74, 6) is 0.277. The number of carbonyl (C=O) groups excluding carboxylic acids is 2. The molecular formula is C32H38N2O7. The molecule has 0 radical (unpaired) electrons. The summed E-state index contributed by atoms with van der Waals surface area (Å²) >= 11 is 0. The highest BCUT2D eigenvalue weighted by Crippen LogP contribution is 2.43. The highest BCUT2D eigenvalue weighted by molar-refractivity contribution is 6.46. The molecule has 2 fully saturated rings. The molecule has 5 rings (SSSR count). The zero-order valence-corrected chi connectivity index (χ0v) is 23.8. The van der Waals surface area contributed by atoms with Crippen LogP contribution in [0.15, 0.2) is 54.6 Å². The second kappa shape index (κ2) is 12.8. The van der Waals surface area contributed by atoms with Gasteiger partial charge in [-0.2, -0.15) is 0 Å². The van der Waals surface area contributed by atoms with Crippen LogP contribution in [0.1, 0.15) is 43.0 Å². The van der Waals surface area contributed by atoms with Gasteiger partial charge in [-0.15, -0.1) is 0 Å². The first-order chi connectivity index (χ1) is 19.9. The van der Waals surface area contributed by atoms with Gasteiger partial charge in [0.1, 0.15) is 24.2 Å². The molecule has 0 bridgehead atoms. The fourth-order valence-corrected chi connectivity index (χ4v) is 5.70. The number of aliphatic hydroxyl groups excluding tert-OH is 1. The van der Waals surface area contributed by atoms with Gasteiger partial charge in [0.15, 0.2) is 11.5 Å². The van der Waals surface area contributed by atoms with Crippen LogP contribution >= 0.6 is 0 Å². The van der Waals surface area contributed by atoms with E-state index in [-0.39, 0.29) is 17.4 Å². The summed E-state index contributed by atoms with van der Waals surface area (Å²) in [7, 11) is 0. The summed E-state index contributed by atoms with van der Waals surface area (Å²) in [6.07, 6.45) is 3.07. The number of ketones is 1. The van der Waals surface area contributed by atoms with Gasteiger partial charge in [0.2, 0.25) is 0 Å². The monoisotopic (exact) mass is 562 g/mol. The quantitative estimate of drug-likeness (QED) is 0.189. The van der Waals surface area contributed by atoms with E-state index in [1.165, 1.54) is 0 Å². The van der Waals surface area contributed by atoms with Crippen molar-refractivity contribution in [3.63, 3.8) is 0 Å². The van der Waals surface area contributed by atoms with E-state index in [0.717, 1.165) is 30.9 Å². The SMILES string of the molecule is C=CCOc1ccc([C@@H]2/C(=C(\O)c3ccc4c(c3)C[C@@H](C)O4)C(=O)C(=O)N2CCCN2CCOCC2)cc1OCC. The van der Waals surface area contributed by atoms with E-state index in [9.17, 15) is 14.7 Å². The molecule has 0 aromatic heterocycles. The predicted molar refractivity (Wildman–Crippen MR) is 154 cm³/mol. The van der Waals surface area contributed by atoms with Crippen molar-refractivity contribution < 1.29 is 33.6 Å². The lowest BCUT2D eigenvalue weighted by Gasteiger charge is -2.29. The molecule has 3 aliphatic rings. The lowest BCUT2D eigenvalue weighted by atomic mass is 9.94. The first-order valence-corrected chi connectivity index (χ1v) is 14.3. The molecule has 218 valence electrons. The number of rotatable bonds is 11. The van der Waals surface area contributed by atoms with Crippen LogP contribution in [0.2, 0.25) is 0 Å². The van der Waals surface area contributed by atoms with Crippen LogP contribution < -0.4 is 14.2 Å². The van der Waals surface area contributed by atoms with Crippen LogP contribution in [-0.2, 0) is 20.7 Å². The normalized spacial score (nSPS) is 22.0. The first kappa shape index (κ1) is 28.7. The second-order valence-corrected chi connectivity index (χ2v) is 10.5. The Hall–Kier alpha value is -3.82. The number of carbonyl (C=O) groups is 2. The van der Waals surface area contributed by atoms with Gasteiger partial charge in [0.25, 0.3) is 11.7 Å². The topological polar surface area (TPSA) is 97.8 Å². The number of aliphatic hydroxyl groups is 1. The number of hydrogen-bond donors (Lipinski definition) is 1. The maximum absolute atomic E-state index is 13.6. The Morgan fingerprint density at radius 2 is 1.90 bits per heavy atom. The van der Waals surface area contributed by atoms with Crippen molar-refractivity contribution >= 4 is 17.4 Å². The molecule has 2 saturated heterocycles. The Balaban J connectivity index is 1.53. The molecule has 1 N–H and O–H groups in total. The highest BCUT2D eigenvalue weighted by Gasteiger charge is 2.46. The van der Waals surface area contributed by atoms with Crippen molar-refractivity contribution in [3.8, 4) is 17.2 Å². The van der Waals surface area contributed by atoms with Gasteiger partial charge in [-0.1, -0.05) is 18.7 Å². The van der Waals surface area contributed by atoms with E-state index in [1.54, 1.807) is 35.2 Å². The van der Waals surface area contributed by atoms with Crippen LogP contribution in [0, 0.1) is 0 Å². The molecule has 2 aromatic rings. The number of amides is 1. The van der Waals surface area contributed by atoms with Crippen molar-refractivity contribution in [3.05, 3.63) is 71.3 Å². The van der Waals surface area contributed by atoms with Crippen molar-refractivity contribution in [2.45, 2.75) is 38.8 Å². The van der Waals surface area contributed by atoms with E-state index >= 15 is 0 Å². The largest absolute Gasteiger partial charge is 0.507 e. The number of likely N-dealkylation sites (tertiary alicyclic amines) is 1. The fraction of sp³-hybridized carbons (Fsp3) is 0.438. The van der Waals surface area contributed by atoms with Crippen LogP contribution in [0.3, 0.4) is 0 Å². The Labute approximate surface area is 240 Å². The predicted octanol–water partition coefficient (Wildman–Crippen LogP) is 4.12. The standard InChI is InChI=1S/C32H38N2O7/c1-4-15-40-26-10-7-22(20-27(26)39-5-2)29-28(30(35)23-8-9-25-24(19-23)18-21(3)41-25)31(36)32(37)34(29)12-6-11-33-13-16-38-17-14-33/h4,7-10,19-21,29,35H,1,5-6,11-18H2,2-3H3/b30-28+/t21-,29-/m1/s1. The molecule has 2 aromatic carbocycles. The molecule has 0 aliphatic carbocycles. The fourth-order valence-electron chi connectivity index (χ4n) is 5.70. The average molecular weight is 563 g/mol. The average Bonchev–Trinajstić information content (AvgIpc) is 3.48. The summed E-state index contributed by atoms with van der Waals surface area (Å²) in [4.78, 5) is 30.9. The molecule has 0 unspecified atom stereocenters. The van der Waals surface area contributed by atoms with Crippen molar-refractivity contribution in [2.24, 2.45) is 0 Å². The molecule has 0 saturated carbocycles. The zero-order valence-electron chi connectivity index (χ0n) is 23.8. The van der Waals surface area contributed by atoms with Gasteiger partial charge in [-0.05, 0) is 61.7 Å². The summed E-state index contributed by atoms with van der Waals surface area (Å²) in [6, 6.07) is 9.97. The highest BCUT2D eigenvalue weighted by atomic mass is 16.5. The molecule has 3 heterocycles. The van der Waals surface area contributed by atoms with Gasteiger partial charge in [0, 0.05) is 38.2 Å². The van der Waals surface area contributed by atoms with E-state index in [2.05, 4.69) is 11.5 Å². The maximum Gasteiger partial charge on any atom is 0.295 e. The number of hydrogen-bond acceptors (Lipinski definition) is 8. The Kier molecular flexibility index (Phi) is 8.95. The van der Waals surface area contributed by atoms with Gasteiger partial charge >= 0.3 is 0 Å². The minimum absolute atomic E-state index is 0.0400. The zero-order chi connectivity index (χ0) is 28.9. The molecule has 9 nitrogen and oxygen atoms in total. The molecule has 41 heavy (non-hydrogen) atoms. The maximum atomic E-state index is 13.6. The summed E-state index contributed by atoms with van der Waals surface area (Å²) < 4.78 is 22.9. The lowest BCUT2D eigenvalue weighted by Crippen LogP contribution is -2.39. The molecule has 3 aliphatic heterocycles. The molecule has 9 heteroatoms. The van der Waals surface area contributed by atoms with Crippen molar-refractivity contribution in [1.82, 2.24) is 9.80 Å². The van der Waals surface area contributed by atoms with E-state index < -0.39 is 17.7 Å². The summed E-state index contributed by atoms with van der Waals surface area (Å²) in [5.41, 5.74) is 2.16. The Morgan fingerprint density at radius 3 is 2.66 bits per heavy atom. The number of nitrogens with zero attached hydrogens (tertiary/aromatic N) is 2. The van der Waals surface area contributed by atoms with Crippen LogP contribution in [-0.4, -0.2) is 85.3 Å². The Morgan fingerprint density at radius 1 is 1.10 bits per heavy atom. The summed E-state index contributed by atoms with van der Waals surface area (Å²) in [6.45, 7) is 12.5. The number of fused-ring (bicyclic) bond motifs is 1. The molecule has 1 amide bonds.